The van der Waals surface area contributed by atoms with Crippen molar-refractivity contribution < 1.29 is 27.3 Å². The SMILES string of the molecule is CC1(C(=O)NC[C@H]2CC[C@H](Nc3ccc([N+](=O)[O-])c(C(F)(F)F)c3)CC2)CCN(c2ccc(F)cc2)CC1. The van der Waals surface area contributed by atoms with Crippen molar-refractivity contribution >= 4 is 23.0 Å². The highest BCUT2D eigenvalue weighted by molar-refractivity contribution is 5.82. The van der Waals surface area contributed by atoms with Crippen LogP contribution in [0.2, 0.25) is 0 Å². The lowest BCUT2D eigenvalue weighted by Crippen LogP contribution is -2.48. The number of amides is 1. The van der Waals surface area contributed by atoms with Crippen molar-refractivity contribution in [3.63, 3.8) is 0 Å². The normalized spacial score (nSPS) is 21.6. The Bertz CT molecular complexity index is 1140. The third-order valence-corrected chi connectivity index (χ3v) is 7.87. The average Bonchev–Trinajstić information content (AvgIpc) is 2.88. The number of nitro groups is 1. The highest BCUT2D eigenvalue weighted by Gasteiger charge is 2.39. The van der Waals surface area contributed by atoms with Crippen LogP contribution in [0.5, 0.6) is 0 Å². The van der Waals surface area contributed by atoms with Crippen LogP contribution in [0.1, 0.15) is 51.0 Å². The van der Waals surface area contributed by atoms with E-state index in [4.69, 9.17) is 0 Å². The lowest BCUT2D eigenvalue weighted by Gasteiger charge is -2.39. The second kappa shape index (κ2) is 11.2. The molecule has 2 aromatic rings. The van der Waals surface area contributed by atoms with Crippen molar-refractivity contribution in [1.29, 1.82) is 0 Å². The zero-order chi connectivity index (χ0) is 27.5. The summed E-state index contributed by atoms with van der Waals surface area (Å²) in [6.45, 7) is 3.96. The minimum absolute atomic E-state index is 0.0297. The van der Waals surface area contributed by atoms with Gasteiger partial charge in [-0.2, -0.15) is 13.2 Å². The van der Waals surface area contributed by atoms with Gasteiger partial charge in [0.05, 0.1) is 4.92 Å². The fraction of sp³-hybridized carbons (Fsp3) is 0.519. The van der Waals surface area contributed by atoms with Crippen LogP contribution in [-0.2, 0) is 11.0 Å². The van der Waals surface area contributed by atoms with Gasteiger partial charge in [-0.1, -0.05) is 6.92 Å². The summed E-state index contributed by atoms with van der Waals surface area (Å²) in [7, 11) is 0. The molecule has 0 bridgehead atoms. The Morgan fingerprint density at radius 1 is 1.08 bits per heavy atom. The summed E-state index contributed by atoms with van der Waals surface area (Å²) >= 11 is 0. The van der Waals surface area contributed by atoms with Gasteiger partial charge in [0.15, 0.2) is 0 Å². The first kappa shape index (κ1) is 27.7. The fourth-order valence-electron chi connectivity index (χ4n) is 5.35. The van der Waals surface area contributed by atoms with Crippen LogP contribution in [0.4, 0.5) is 34.6 Å². The van der Waals surface area contributed by atoms with Crippen LogP contribution in [-0.4, -0.2) is 36.5 Å². The third-order valence-electron chi connectivity index (χ3n) is 7.87. The first-order chi connectivity index (χ1) is 17.9. The number of nitro benzene ring substituents is 1. The summed E-state index contributed by atoms with van der Waals surface area (Å²) in [5.74, 6) is 0.0336. The molecule has 1 saturated carbocycles. The van der Waals surface area contributed by atoms with Gasteiger partial charge in [-0.25, -0.2) is 4.39 Å². The van der Waals surface area contributed by atoms with E-state index in [0.717, 1.165) is 43.5 Å². The predicted octanol–water partition coefficient (Wildman–Crippen LogP) is 6.15. The quantitative estimate of drug-likeness (QED) is 0.252. The van der Waals surface area contributed by atoms with E-state index < -0.39 is 27.8 Å². The maximum Gasteiger partial charge on any atom is 0.423 e. The van der Waals surface area contributed by atoms with Crippen LogP contribution < -0.4 is 15.5 Å². The zero-order valence-corrected chi connectivity index (χ0v) is 21.2. The van der Waals surface area contributed by atoms with E-state index in [0.29, 0.717) is 32.5 Å². The number of rotatable bonds is 7. The minimum Gasteiger partial charge on any atom is -0.382 e. The summed E-state index contributed by atoms with van der Waals surface area (Å²) in [5, 5.41) is 17.2. The topological polar surface area (TPSA) is 87.5 Å². The van der Waals surface area contributed by atoms with E-state index in [-0.39, 0.29) is 29.4 Å². The van der Waals surface area contributed by atoms with Gasteiger partial charge in [-0.15, -0.1) is 0 Å². The summed E-state index contributed by atoms with van der Waals surface area (Å²) < 4.78 is 53.0. The maximum absolute atomic E-state index is 13.3. The van der Waals surface area contributed by atoms with Crippen molar-refractivity contribution in [3.8, 4) is 0 Å². The van der Waals surface area contributed by atoms with E-state index in [1.807, 2.05) is 6.92 Å². The molecular weight excluding hydrogens is 504 g/mol. The van der Waals surface area contributed by atoms with Gasteiger partial charge in [-0.3, -0.25) is 14.9 Å². The molecule has 11 heteroatoms. The highest BCUT2D eigenvalue weighted by atomic mass is 19.4. The molecule has 1 saturated heterocycles. The largest absolute Gasteiger partial charge is 0.423 e. The number of carbonyl (C=O) groups excluding carboxylic acids is 1. The molecule has 0 spiro atoms. The van der Waals surface area contributed by atoms with Crippen LogP contribution >= 0.6 is 0 Å². The number of benzene rings is 2. The van der Waals surface area contributed by atoms with Gasteiger partial charge in [-0.05, 0) is 80.8 Å². The van der Waals surface area contributed by atoms with Crippen molar-refractivity contribution in [3.05, 3.63) is 64.0 Å². The molecule has 7 nitrogen and oxygen atoms in total. The van der Waals surface area contributed by atoms with Gasteiger partial charge < -0.3 is 15.5 Å². The van der Waals surface area contributed by atoms with E-state index in [9.17, 15) is 32.5 Å². The molecule has 0 aromatic heterocycles. The number of hydrogen-bond acceptors (Lipinski definition) is 5. The second-order valence-electron chi connectivity index (χ2n) is 10.6. The summed E-state index contributed by atoms with van der Waals surface area (Å²) in [6.07, 6.45) is -0.349. The molecule has 4 rings (SSSR count). The number of alkyl halides is 3. The fourth-order valence-corrected chi connectivity index (χ4v) is 5.35. The van der Waals surface area contributed by atoms with Gasteiger partial charge in [0.1, 0.15) is 11.4 Å². The van der Waals surface area contributed by atoms with E-state index in [1.165, 1.54) is 18.2 Å². The monoisotopic (exact) mass is 536 g/mol. The number of halogens is 4. The van der Waals surface area contributed by atoms with Crippen LogP contribution in [0.15, 0.2) is 42.5 Å². The van der Waals surface area contributed by atoms with Gasteiger partial charge in [0.2, 0.25) is 5.91 Å². The number of nitrogens with one attached hydrogen (secondary N) is 2. The Morgan fingerprint density at radius 2 is 1.71 bits per heavy atom. The average molecular weight is 537 g/mol. The molecule has 2 fully saturated rings. The minimum atomic E-state index is -4.82. The first-order valence-electron chi connectivity index (χ1n) is 12.9. The Morgan fingerprint density at radius 3 is 2.29 bits per heavy atom. The van der Waals surface area contributed by atoms with Crippen molar-refractivity contribution in [2.45, 2.75) is 57.7 Å². The van der Waals surface area contributed by atoms with Gasteiger partial charge in [0, 0.05) is 48.5 Å². The van der Waals surface area contributed by atoms with Crippen molar-refractivity contribution in [2.75, 3.05) is 29.9 Å². The molecule has 0 unspecified atom stereocenters. The van der Waals surface area contributed by atoms with E-state index in [1.54, 1.807) is 12.1 Å². The Hall–Kier alpha value is -3.37. The first-order valence-corrected chi connectivity index (χ1v) is 12.9. The molecule has 1 aliphatic carbocycles. The van der Waals surface area contributed by atoms with E-state index in [2.05, 4.69) is 15.5 Å². The molecular formula is C27H32F4N4O3. The van der Waals surface area contributed by atoms with Crippen molar-refractivity contribution in [2.24, 2.45) is 11.3 Å². The lowest BCUT2D eigenvalue weighted by atomic mass is 9.79. The summed E-state index contributed by atoms with van der Waals surface area (Å²) in [4.78, 5) is 25.1. The Balaban J connectivity index is 1.23. The molecule has 1 heterocycles. The third kappa shape index (κ3) is 6.54. The molecule has 0 atom stereocenters. The number of carbonyl (C=O) groups is 1. The standard InChI is InChI=1S/C27H32F4N4O3/c1-26(12-14-34(15-13-26)22-9-4-19(28)5-10-22)25(36)32-17-18-2-6-20(7-3-18)33-21-8-11-24(35(37)38)23(16-21)27(29,30)31/h4-5,8-11,16,18,20,33H,2-3,6-7,12-15,17H2,1H3,(H,32,36)/t18-,20-. The van der Waals surface area contributed by atoms with Gasteiger partial charge >= 0.3 is 6.18 Å². The summed E-state index contributed by atoms with van der Waals surface area (Å²) in [5.41, 5.74) is -1.54. The number of piperidine rings is 1. The Labute approximate surface area is 218 Å². The number of anilines is 2. The zero-order valence-electron chi connectivity index (χ0n) is 21.2. The maximum atomic E-state index is 13.3. The van der Waals surface area contributed by atoms with Crippen LogP contribution in [0.3, 0.4) is 0 Å². The molecule has 1 amide bonds. The smallest absolute Gasteiger partial charge is 0.382 e. The summed E-state index contributed by atoms with van der Waals surface area (Å²) in [6, 6.07) is 9.32. The molecule has 38 heavy (non-hydrogen) atoms. The molecule has 2 aromatic carbocycles. The lowest BCUT2D eigenvalue weighted by molar-refractivity contribution is -0.388. The molecule has 2 aliphatic rings. The molecule has 206 valence electrons. The van der Waals surface area contributed by atoms with Crippen molar-refractivity contribution in [1.82, 2.24) is 5.32 Å². The second-order valence-corrected chi connectivity index (χ2v) is 10.6. The highest BCUT2D eigenvalue weighted by Crippen LogP contribution is 2.38. The molecule has 0 radical (unpaired) electrons. The number of hydrogen-bond donors (Lipinski definition) is 2. The Kier molecular flexibility index (Phi) is 8.13. The molecule has 2 N–H and O–H groups in total. The van der Waals surface area contributed by atoms with Gasteiger partial charge in [0.25, 0.3) is 5.69 Å². The van der Waals surface area contributed by atoms with Crippen LogP contribution in [0, 0.1) is 27.3 Å². The number of nitrogens with zero attached hydrogens (tertiary/aromatic N) is 2. The predicted molar refractivity (Wildman–Crippen MR) is 136 cm³/mol. The van der Waals surface area contributed by atoms with Crippen LogP contribution in [0.25, 0.3) is 0 Å². The van der Waals surface area contributed by atoms with E-state index >= 15 is 0 Å². The molecule has 1 aliphatic heterocycles.